The van der Waals surface area contributed by atoms with E-state index in [-0.39, 0.29) is 18.4 Å². The van der Waals surface area contributed by atoms with Crippen molar-refractivity contribution in [1.82, 2.24) is 0 Å². The second kappa shape index (κ2) is 10.2. The molecule has 1 atom stereocenters. The zero-order chi connectivity index (χ0) is 7.82. The second-order valence-electron chi connectivity index (χ2n) is 2.24. The zero-order valence-electron chi connectivity index (χ0n) is 7.21. The minimum atomic E-state index is 0. The molecule has 11 heavy (non-hydrogen) atoms. The van der Waals surface area contributed by atoms with Gasteiger partial charge in [0.25, 0.3) is 0 Å². The largest absolute Gasteiger partial charge is 0.382 e. The van der Waals surface area contributed by atoms with Gasteiger partial charge in [-0.1, -0.05) is 6.92 Å². The highest BCUT2D eigenvalue weighted by Gasteiger charge is 1.96. The quantitative estimate of drug-likeness (QED) is 0.620. The molecule has 0 aromatic rings. The number of halogens is 1. The summed E-state index contributed by atoms with van der Waals surface area (Å²) in [5.41, 5.74) is 5.59. The van der Waals surface area contributed by atoms with Crippen molar-refractivity contribution in [2.75, 3.05) is 26.9 Å². The van der Waals surface area contributed by atoms with Crippen LogP contribution >= 0.6 is 12.4 Å². The number of hydrogen-bond acceptors (Lipinski definition) is 3. The van der Waals surface area contributed by atoms with E-state index in [0.717, 1.165) is 6.42 Å². The molecule has 2 N–H and O–H groups in total. The first-order valence-corrected chi connectivity index (χ1v) is 3.63. The van der Waals surface area contributed by atoms with E-state index in [1.807, 2.05) is 6.92 Å². The number of methoxy groups -OCH3 is 1. The van der Waals surface area contributed by atoms with Gasteiger partial charge in [-0.3, -0.25) is 0 Å². The van der Waals surface area contributed by atoms with E-state index in [9.17, 15) is 0 Å². The van der Waals surface area contributed by atoms with Crippen LogP contribution < -0.4 is 5.73 Å². The molecule has 0 aliphatic rings. The molecule has 0 saturated carbocycles. The lowest BCUT2D eigenvalue weighted by Gasteiger charge is -2.08. The summed E-state index contributed by atoms with van der Waals surface area (Å²) in [6.45, 7) is 3.98. The van der Waals surface area contributed by atoms with Gasteiger partial charge in [0.2, 0.25) is 0 Å². The van der Waals surface area contributed by atoms with Crippen LogP contribution in [0.3, 0.4) is 0 Å². The zero-order valence-corrected chi connectivity index (χ0v) is 8.02. The maximum atomic E-state index is 5.59. The maximum Gasteiger partial charge on any atom is 0.0701 e. The van der Waals surface area contributed by atoms with E-state index in [1.54, 1.807) is 7.11 Å². The van der Waals surface area contributed by atoms with Gasteiger partial charge in [0.05, 0.1) is 19.8 Å². The van der Waals surface area contributed by atoms with Gasteiger partial charge >= 0.3 is 0 Å². The third-order valence-electron chi connectivity index (χ3n) is 1.29. The van der Waals surface area contributed by atoms with Crippen molar-refractivity contribution in [1.29, 1.82) is 0 Å². The van der Waals surface area contributed by atoms with Gasteiger partial charge in [0, 0.05) is 13.2 Å². The molecule has 0 aromatic carbocycles. The molecule has 4 heteroatoms. The molecule has 70 valence electrons. The Hall–Kier alpha value is 0.170. The molecular formula is C7H18ClNO2. The number of rotatable bonds is 6. The Balaban J connectivity index is 0. The van der Waals surface area contributed by atoms with E-state index in [4.69, 9.17) is 15.2 Å². The Morgan fingerprint density at radius 3 is 2.45 bits per heavy atom. The lowest BCUT2D eigenvalue weighted by Crippen LogP contribution is -2.25. The highest BCUT2D eigenvalue weighted by atomic mass is 35.5. The van der Waals surface area contributed by atoms with Gasteiger partial charge in [-0.15, -0.1) is 12.4 Å². The molecule has 0 aromatic heterocycles. The molecule has 0 aliphatic carbocycles. The third kappa shape index (κ3) is 10.2. The van der Waals surface area contributed by atoms with E-state index in [2.05, 4.69) is 0 Å². The molecule has 0 bridgehead atoms. The first kappa shape index (κ1) is 13.7. The summed E-state index contributed by atoms with van der Waals surface area (Å²) in [7, 11) is 1.66. The van der Waals surface area contributed by atoms with Gasteiger partial charge in [0.1, 0.15) is 0 Å². The Kier molecular flexibility index (Phi) is 12.7. The van der Waals surface area contributed by atoms with Crippen LogP contribution in [0.1, 0.15) is 13.3 Å². The highest BCUT2D eigenvalue weighted by Crippen LogP contribution is 1.86. The first-order valence-electron chi connectivity index (χ1n) is 3.63. The summed E-state index contributed by atoms with van der Waals surface area (Å²) in [6, 6.07) is 0.178. The van der Waals surface area contributed by atoms with Crippen molar-refractivity contribution < 1.29 is 9.47 Å². The average Bonchev–Trinajstić information content (AvgIpc) is 1.98. The summed E-state index contributed by atoms with van der Waals surface area (Å²) in [5.74, 6) is 0. The summed E-state index contributed by atoms with van der Waals surface area (Å²) in [4.78, 5) is 0. The predicted octanol–water partition coefficient (Wildman–Crippen LogP) is 0.808. The minimum absolute atomic E-state index is 0. The van der Waals surface area contributed by atoms with Gasteiger partial charge in [-0.25, -0.2) is 0 Å². The van der Waals surface area contributed by atoms with Crippen LogP contribution in [-0.2, 0) is 9.47 Å². The average molecular weight is 184 g/mol. The van der Waals surface area contributed by atoms with Gasteiger partial charge < -0.3 is 15.2 Å². The first-order chi connectivity index (χ1) is 4.81. The van der Waals surface area contributed by atoms with E-state index in [1.165, 1.54) is 0 Å². The summed E-state index contributed by atoms with van der Waals surface area (Å²) < 4.78 is 9.97. The Labute approximate surface area is 74.6 Å². The lowest BCUT2D eigenvalue weighted by molar-refractivity contribution is 0.0632. The fourth-order valence-corrected chi connectivity index (χ4v) is 0.495. The molecule has 1 unspecified atom stereocenters. The van der Waals surface area contributed by atoms with Crippen molar-refractivity contribution >= 4 is 12.4 Å². The van der Waals surface area contributed by atoms with Crippen LogP contribution in [0.25, 0.3) is 0 Å². The van der Waals surface area contributed by atoms with Gasteiger partial charge in [0.15, 0.2) is 0 Å². The van der Waals surface area contributed by atoms with Crippen molar-refractivity contribution in [2.45, 2.75) is 19.4 Å². The highest BCUT2D eigenvalue weighted by molar-refractivity contribution is 5.85. The molecule has 0 radical (unpaired) electrons. The SMILES string of the molecule is CCC(N)COCCOC.Cl. The summed E-state index contributed by atoms with van der Waals surface area (Å²) >= 11 is 0. The number of hydrogen-bond donors (Lipinski definition) is 1. The Morgan fingerprint density at radius 1 is 1.36 bits per heavy atom. The van der Waals surface area contributed by atoms with E-state index in [0.29, 0.717) is 19.8 Å². The molecular weight excluding hydrogens is 166 g/mol. The van der Waals surface area contributed by atoms with Crippen LogP contribution in [0.15, 0.2) is 0 Å². The predicted molar refractivity (Wildman–Crippen MR) is 48.2 cm³/mol. The van der Waals surface area contributed by atoms with Gasteiger partial charge in [-0.2, -0.15) is 0 Å². The van der Waals surface area contributed by atoms with Crippen LogP contribution in [0.5, 0.6) is 0 Å². The number of ether oxygens (including phenoxy) is 2. The maximum absolute atomic E-state index is 5.59. The van der Waals surface area contributed by atoms with Crippen LogP contribution in [0.4, 0.5) is 0 Å². The Bertz CT molecular complexity index is 73.5. The molecule has 0 heterocycles. The van der Waals surface area contributed by atoms with Crippen molar-refractivity contribution in [3.63, 3.8) is 0 Å². The summed E-state index contributed by atoms with van der Waals surface area (Å²) in [6.07, 6.45) is 0.965. The van der Waals surface area contributed by atoms with Crippen LogP contribution in [-0.4, -0.2) is 33.0 Å². The topological polar surface area (TPSA) is 44.5 Å². The minimum Gasteiger partial charge on any atom is -0.382 e. The molecule has 0 fully saturated rings. The lowest BCUT2D eigenvalue weighted by atomic mass is 10.3. The third-order valence-corrected chi connectivity index (χ3v) is 1.29. The molecule has 0 rings (SSSR count). The fraction of sp³-hybridized carbons (Fsp3) is 1.00. The monoisotopic (exact) mass is 183 g/mol. The Morgan fingerprint density at radius 2 is 2.00 bits per heavy atom. The molecule has 3 nitrogen and oxygen atoms in total. The van der Waals surface area contributed by atoms with Crippen molar-refractivity contribution in [2.24, 2.45) is 5.73 Å². The molecule has 0 aliphatic heterocycles. The van der Waals surface area contributed by atoms with Crippen molar-refractivity contribution in [3.05, 3.63) is 0 Å². The van der Waals surface area contributed by atoms with E-state index < -0.39 is 0 Å². The van der Waals surface area contributed by atoms with Crippen molar-refractivity contribution in [3.8, 4) is 0 Å². The molecule has 0 amide bonds. The van der Waals surface area contributed by atoms with Gasteiger partial charge in [-0.05, 0) is 6.42 Å². The summed E-state index contributed by atoms with van der Waals surface area (Å²) in [5, 5.41) is 0. The smallest absolute Gasteiger partial charge is 0.0701 e. The standard InChI is InChI=1S/C7H17NO2.ClH/c1-3-7(8)6-10-5-4-9-2;/h7H,3-6,8H2,1-2H3;1H. The molecule has 0 spiro atoms. The second-order valence-corrected chi connectivity index (χ2v) is 2.24. The number of nitrogens with two attached hydrogens (primary N) is 1. The van der Waals surface area contributed by atoms with Crippen LogP contribution in [0.2, 0.25) is 0 Å². The van der Waals surface area contributed by atoms with Crippen LogP contribution in [0, 0.1) is 0 Å². The fourth-order valence-electron chi connectivity index (χ4n) is 0.495. The molecule has 0 saturated heterocycles. The normalized spacial score (nSPS) is 12.3. The van der Waals surface area contributed by atoms with E-state index >= 15 is 0 Å².